The summed E-state index contributed by atoms with van der Waals surface area (Å²) >= 11 is 0. The van der Waals surface area contributed by atoms with Crippen LogP contribution >= 0.6 is 0 Å². The van der Waals surface area contributed by atoms with E-state index in [1.807, 2.05) is 0 Å². The van der Waals surface area contributed by atoms with E-state index in [1.165, 1.54) is 24.3 Å². The molecule has 2 heteroatoms. The van der Waals surface area contributed by atoms with Gasteiger partial charge in [-0.15, -0.1) is 0 Å². The number of hydrogen-bond acceptors (Lipinski definition) is 1. The molecular formula is C8H15OS+. The average Bonchev–Trinajstić information content (AvgIpc) is 2.31. The van der Waals surface area contributed by atoms with Gasteiger partial charge in [-0.25, -0.2) is 0 Å². The molecule has 1 atom stereocenters. The van der Waals surface area contributed by atoms with Crippen molar-refractivity contribution in [3.05, 3.63) is 0 Å². The number of carbonyl (C=O) groups excluding carboxylic acids is 1. The van der Waals surface area contributed by atoms with Gasteiger partial charge in [0, 0.05) is 0 Å². The summed E-state index contributed by atoms with van der Waals surface area (Å²) in [6.07, 6.45) is 3.46. The third-order valence-corrected chi connectivity index (χ3v) is 4.20. The van der Waals surface area contributed by atoms with Gasteiger partial charge in [0.15, 0.2) is 11.5 Å². The molecule has 0 aromatic rings. The molecule has 10 heavy (non-hydrogen) atoms. The quantitative estimate of drug-likeness (QED) is 0.569. The Morgan fingerprint density at radius 1 is 1.60 bits per heavy atom. The van der Waals surface area contributed by atoms with Crippen LogP contribution in [0.15, 0.2) is 0 Å². The summed E-state index contributed by atoms with van der Waals surface area (Å²) < 4.78 is 0. The molecule has 0 aliphatic carbocycles. The van der Waals surface area contributed by atoms with E-state index in [-0.39, 0.29) is 0 Å². The normalized spacial score (nSPS) is 25.7. The molecule has 1 aliphatic rings. The molecule has 1 aliphatic heterocycles. The monoisotopic (exact) mass is 159 g/mol. The summed E-state index contributed by atoms with van der Waals surface area (Å²) in [6, 6.07) is 0. The Labute approximate surface area is 65.5 Å². The maximum atomic E-state index is 10.8. The summed E-state index contributed by atoms with van der Waals surface area (Å²) in [5, 5.41) is 0. The van der Waals surface area contributed by atoms with Gasteiger partial charge in [-0.05, 0) is 17.3 Å². The molecule has 0 saturated carbocycles. The second kappa shape index (κ2) is 4.02. The summed E-state index contributed by atoms with van der Waals surface area (Å²) in [4.78, 5) is 10.8. The smallest absolute Gasteiger partial charge is 0.186 e. The first-order chi connectivity index (χ1) is 4.83. The van der Waals surface area contributed by atoms with Gasteiger partial charge in [-0.3, -0.25) is 4.79 Å². The number of unbranched alkanes of at least 4 members (excludes halogenated alkanes) is 1. The van der Waals surface area contributed by atoms with E-state index in [1.54, 1.807) is 0 Å². The summed E-state index contributed by atoms with van der Waals surface area (Å²) in [6.45, 7) is 2.21. The first-order valence-corrected chi connectivity index (χ1v) is 5.72. The topological polar surface area (TPSA) is 17.1 Å². The lowest BCUT2D eigenvalue weighted by atomic mass is 10.4. The largest absolute Gasteiger partial charge is 0.294 e. The average molecular weight is 159 g/mol. The predicted octanol–water partition coefficient (Wildman–Crippen LogP) is 1.38. The van der Waals surface area contributed by atoms with Crippen LogP contribution < -0.4 is 0 Å². The van der Waals surface area contributed by atoms with Crippen molar-refractivity contribution < 1.29 is 4.79 Å². The van der Waals surface area contributed by atoms with Gasteiger partial charge < -0.3 is 0 Å². The molecule has 1 unspecified atom stereocenters. The van der Waals surface area contributed by atoms with Crippen molar-refractivity contribution in [3.8, 4) is 0 Å². The third-order valence-electron chi connectivity index (χ3n) is 1.82. The SMILES string of the molecule is CCCC[S+]1CCC(=O)C1. The molecule has 1 saturated heterocycles. The molecule has 0 N–H and O–H groups in total. The molecular weight excluding hydrogens is 144 g/mol. The lowest BCUT2D eigenvalue weighted by Crippen LogP contribution is -2.10. The molecule has 0 radical (unpaired) electrons. The minimum absolute atomic E-state index is 0.493. The zero-order chi connectivity index (χ0) is 7.40. The number of hydrogen-bond donors (Lipinski definition) is 0. The molecule has 58 valence electrons. The van der Waals surface area contributed by atoms with Gasteiger partial charge in [0.05, 0.1) is 6.42 Å². The van der Waals surface area contributed by atoms with Crippen LogP contribution in [-0.4, -0.2) is 23.0 Å². The Bertz CT molecular complexity index is 122. The van der Waals surface area contributed by atoms with Crippen LogP contribution in [0.3, 0.4) is 0 Å². The fourth-order valence-corrected chi connectivity index (χ4v) is 3.46. The highest BCUT2D eigenvalue weighted by molar-refractivity contribution is 7.98. The highest BCUT2D eigenvalue weighted by Crippen LogP contribution is 2.11. The van der Waals surface area contributed by atoms with Gasteiger partial charge in [-0.1, -0.05) is 13.3 Å². The van der Waals surface area contributed by atoms with Gasteiger partial charge in [0.1, 0.15) is 11.5 Å². The van der Waals surface area contributed by atoms with Crippen LogP contribution in [0.5, 0.6) is 0 Å². The van der Waals surface area contributed by atoms with Gasteiger partial charge >= 0.3 is 0 Å². The lowest BCUT2D eigenvalue weighted by molar-refractivity contribution is -0.115. The Kier molecular flexibility index (Phi) is 3.26. The molecule has 0 amide bonds. The van der Waals surface area contributed by atoms with E-state index >= 15 is 0 Å². The van der Waals surface area contributed by atoms with E-state index in [0.717, 1.165) is 12.2 Å². The Morgan fingerprint density at radius 2 is 2.40 bits per heavy atom. The molecule has 0 aromatic carbocycles. The van der Waals surface area contributed by atoms with Crippen molar-refractivity contribution in [3.63, 3.8) is 0 Å². The van der Waals surface area contributed by atoms with Crippen LogP contribution in [0.25, 0.3) is 0 Å². The van der Waals surface area contributed by atoms with Crippen LogP contribution in [0.2, 0.25) is 0 Å². The van der Waals surface area contributed by atoms with E-state index in [2.05, 4.69) is 6.92 Å². The van der Waals surface area contributed by atoms with Gasteiger partial charge in [0.2, 0.25) is 0 Å². The van der Waals surface area contributed by atoms with E-state index in [9.17, 15) is 4.79 Å². The molecule has 1 nitrogen and oxygen atoms in total. The Balaban J connectivity index is 2.12. The van der Waals surface area contributed by atoms with Crippen molar-refractivity contribution >= 4 is 16.7 Å². The lowest BCUT2D eigenvalue weighted by Gasteiger charge is -1.95. The minimum atomic E-state index is 0.493. The van der Waals surface area contributed by atoms with E-state index in [4.69, 9.17) is 0 Å². The second-order valence-electron chi connectivity index (χ2n) is 2.81. The highest BCUT2D eigenvalue weighted by Gasteiger charge is 2.29. The van der Waals surface area contributed by atoms with Crippen molar-refractivity contribution in [2.24, 2.45) is 0 Å². The zero-order valence-corrected chi connectivity index (χ0v) is 7.38. The first-order valence-electron chi connectivity index (χ1n) is 3.98. The second-order valence-corrected chi connectivity index (χ2v) is 5.14. The first kappa shape index (κ1) is 8.12. The molecule has 1 heterocycles. The Hall–Kier alpha value is 0.0200. The Morgan fingerprint density at radius 3 is 2.90 bits per heavy atom. The fourth-order valence-electron chi connectivity index (χ4n) is 1.15. The molecule has 1 fully saturated rings. The third kappa shape index (κ3) is 2.33. The fraction of sp³-hybridized carbons (Fsp3) is 0.875. The zero-order valence-electron chi connectivity index (χ0n) is 6.56. The summed E-state index contributed by atoms with van der Waals surface area (Å²) in [5.74, 6) is 3.90. The van der Waals surface area contributed by atoms with Crippen LogP contribution in [0.4, 0.5) is 0 Å². The minimum Gasteiger partial charge on any atom is -0.294 e. The van der Waals surface area contributed by atoms with Crippen molar-refractivity contribution in [1.29, 1.82) is 0 Å². The molecule has 0 spiro atoms. The van der Waals surface area contributed by atoms with Crippen LogP contribution in [0.1, 0.15) is 26.2 Å². The standard InChI is InChI=1S/C8H15OS/c1-2-3-5-10-6-4-8(9)7-10/h2-7H2,1H3/q+1. The molecule has 0 bridgehead atoms. The number of Topliss-reactive ketones (excluding diaryl/α,β-unsaturated/α-hetero) is 1. The molecule has 0 aromatic heterocycles. The number of ketones is 1. The maximum Gasteiger partial charge on any atom is 0.186 e. The van der Waals surface area contributed by atoms with E-state index in [0.29, 0.717) is 16.7 Å². The molecule has 1 rings (SSSR count). The van der Waals surface area contributed by atoms with Crippen molar-refractivity contribution in [1.82, 2.24) is 0 Å². The number of carbonyl (C=O) groups is 1. The predicted molar refractivity (Wildman–Crippen MR) is 46.5 cm³/mol. The summed E-state index contributed by atoms with van der Waals surface area (Å²) in [7, 11) is 0.493. The van der Waals surface area contributed by atoms with Gasteiger partial charge in [0.25, 0.3) is 0 Å². The van der Waals surface area contributed by atoms with E-state index < -0.39 is 0 Å². The highest BCUT2D eigenvalue weighted by atomic mass is 32.2. The van der Waals surface area contributed by atoms with Crippen LogP contribution in [-0.2, 0) is 15.7 Å². The van der Waals surface area contributed by atoms with Crippen molar-refractivity contribution in [2.75, 3.05) is 17.3 Å². The summed E-state index contributed by atoms with van der Waals surface area (Å²) in [5.41, 5.74) is 0. The maximum absolute atomic E-state index is 10.8. The van der Waals surface area contributed by atoms with Crippen molar-refractivity contribution in [2.45, 2.75) is 26.2 Å². The van der Waals surface area contributed by atoms with Crippen LogP contribution in [0, 0.1) is 0 Å². The number of rotatable bonds is 3. The van der Waals surface area contributed by atoms with Gasteiger partial charge in [-0.2, -0.15) is 0 Å².